The SMILES string of the molecule is CCCCN(C1CC(C)(C)NC(C)(C)C1)[n+]1nc(C)nc(N(CCCCCCN(C)C2CC(C)(C)NC(C)(C)C2)C2CC(C)(C)NC(C)(C)C2)n1. The van der Waals surface area contributed by atoms with Crippen LogP contribution in [-0.2, 0) is 0 Å². The maximum Gasteiger partial charge on any atom is 0.299 e. The first-order valence-corrected chi connectivity index (χ1v) is 20.7. The van der Waals surface area contributed by atoms with Crippen LogP contribution in [0.3, 0.4) is 0 Å². The number of hydrogen-bond donors (Lipinski definition) is 3. The molecule has 10 nitrogen and oxygen atoms in total. The van der Waals surface area contributed by atoms with Crippen molar-refractivity contribution in [2.45, 2.75) is 225 Å². The van der Waals surface area contributed by atoms with Crippen molar-refractivity contribution in [2.24, 2.45) is 0 Å². The third kappa shape index (κ3) is 12.5. The lowest BCUT2D eigenvalue weighted by atomic mass is 9.79. The van der Waals surface area contributed by atoms with Crippen molar-refractivity contribution in [3.8, 4) is 0 Å². The van der Waals surface area contributed by atoms with Gasteiger partial charge in [-0.15, -0.1) is 5.01 Å². The summed E-state index contributed by atoms with van der Waals surface area (Å²) in [6.07, 6.45) is 13.7. The third-order valence-corrected chi connectivity index (χ3v) is 11.6. The standard InChI is InChI=1S/C41H81N10/c1-16-17-24-50(34-29-40(11,12)47-41(13,14)30-34)51-43-31(2)42-35(44-51)49(33-27-38(7,8)46-39(9,10)28-33)23-21-19-18-20-22-48(15)32-25-36(3,4)45-37(5,6)26-32/h32-34,45-47H,16-30H2,1-15H3/q+1. The predicted molar refractivity (Wildman–Crippen MR) is 214 cm³/mol. The Bertz CT molecular complexity index is 1220. The molecule has 0 unspecified atom stereocenters. The third-order valence-electron chi connectivity index (χ3n) is 11.6. The number of rotatable bonds is 15. The van der Waals surface area contributed by atoms with Crippen molar-refractivity contribution in [1.82, 2.24) is 36.0 Å². The lowest BCUT2D eigenvalue weighted by Gasteiger charge is -2.49. The van der Waals surface area contributed by atoms with Gasteiger partial charge in [0.25, 0.3) is 5.95 Å². The summed E-state index contributed by atoms with van der Waals surface area (Å²) in [7, 11) is 2.35. The number of aromatic nitrogens is 4. The summed E-state index contributed by atoms with van der Waals surface area (Å²) < 4.78 is 0. The van der Waals surface area contributed by atoms with Gasteiger partial charge in [0.2, 0.25) is 5.82 Å². The minimum absolute atomic E-state index is 0.0322. The Labute approximate surface area is 314 Å². The van der Waals surface area contributed by atoms with Gasteiger partial charge in [-0.1, -0.05) is 26.2 Å². The molecule has 51 heavy (non-hydrogen) atoms. The molecule has 3 saturated heterocycles. The van der Waals surface area contributed by atoms with E-state index >= 15 is 0 Å². The zero-order chi connectivity index (χ0) is 38.0. The molecule has 0 atom stereocenters. The number of anilines is 1. The summed E-state index contributed by atoms with van der Waals surface area (Å²) in [5.41, 5.74) is 0.504. The van der Waals surface area contributed by atoms with Gasteiger partial charge in [-0.2, -0.15) is 4.98 Å². The Kier molecular flexibility index (Phi) is 13.2. The van der Waals surface area contributed by atoms with Crippen LogP contribution in [0, 0.1) is 6.92 Å². The fourth-order valence-corrected chi connectivity index (χ4v) is 10.6. The number of unbranched alkanes of at least 4 members (excludes halogenated alkanes) is 4. The number of nitrogens with zero attached hydrogens (tertiary/aromatic N) is 7. The van der Waals surface area contributed by atoms with E-state index < -0.39 is 0 Å². The first-order chi connectivity index (χ1) is 23.4. The van der Waals surface area contributed by atoms with E-state index in [2.05, 4.69) is 128 Å². The van der Waals surface area contributed by atoms with Gasteiger partial charge in [0.05, 0.1) is 22.8 Å². The van der Waals surface area contributed by atoms with Crippen LogP contribution >= 0.6 is 0 Å². The minimum Gasteiger partial charge on any atom is -0.333 e. The zero-order valence-corrected chi connectivity index (χ0v) is 36.0. The highest BCUT2D eigenvalue weighted by atomic mass is 15.8. The van der Waals surface area contributed by atoms with E-state index in [1.54, 1.807) is 0 Å². The predicted octanol–water partition coefficient (Wildman–Crippen LogP) is 6.43. The summed E-state index contributed by atoms with van der Waals surface area (Å²) in [6, 6.07) is 1.33. The van der Waals surface area contributed by atoms with E-state index in [0.717, 1.165) is 69.8 Å². The van der Waals surface area contributed by atoms with Gasteiger partial charge in [0.15, 0.2) is 4.91 Å². The Morgan fingerprint density at radius 2 is 1.00 bits per heavy atom. The molecule has 4 rings (SSSR count). The highest BCUT2D eigenvalue weighted by molar-refractivity contribution is 5.31. The molecule has 0 radical (unpaired) electrons. The van der Waals surface area contributed by atoms with Gasteiger partial charge in [-0.25, -0.2) is 0 Å². The van der Waals surface area contributed by atoms with Gasteiger partial charge < -0.3 is 25.8 Å². The van der Waals surface area contributed by atoms with Gasteiger partial charge in [-0.3, -0.25) is 0 Å². The molecular formula is C41H81N10+. The summed E-state index contributed by atoms with van der Waals surface area (Å²) in [4.78, 5) is 12.3. The largest absolute Gasteiger partial charge is 0.333 e. The van der Waals surface area contributed by atoms with Crippen LogP contribution in [-0.4, -0.2) is 98.1 Å². The number of aryl methyl sites for hydroxylation is 1. The summed E-state index contributed by atoms with van der Waals surface area (Å²) >= 11 is 0. The summed E-state index contributed by atoms with van der Waals surface area (Å²) in [5.74, 6) is 1.63. The van der Waals surface area contributed by atoms with Crippen molar-refractivity contribution >= 4 is 5.95 Å². The second kappa shape index (κ2) is 16.0. The first kappa shape index (κ1) is 42.1. The molecule has 3 N–H and O–H groups in total. The Balaban J connectivity index is 1.51. The molecule has 0 bridgehead atoms. The summed E-state index contributed by atoms with van der Waals surface area (Å²) in [5, 5.41) is 24.4. The molecule has 1 aromatic rings. The molecule has 4 heterocycles. The van der Waals surface area contributed by atoms with Crippen LogP contribution in [0.1, 0.15) is 173 Å². The van der Waals surface area contributed by atoms with Crippen molar-refractivity contribution in [3.63, 3.8) is 0 Å². The Morgan fingerprint density at radius 1 is 0.569 bits per heavy atom. The molecule has 1 aromatic heterocycles. The number of hydrogen-bond acceptors (Lipinski definition) is 9. The molecule has 3 aliphatic heterocycles. The van der Waals surface area contributed by atoms with Crippen LogP contribution in [0.4, 0.5) is 5.95 Å². The van der Waals surface area contributed by atoms with Crippen LogP contribution in [0.5, 0.6) is 0 Å². The lowest BCUT2D eigenvalue weighted by Crippen LogP contribution is -2.72. The average Bonchev–Trinajstić information content (AvgIpc) is 2.91. The summed E-state index contributed by atoms with van der Waals surface area (Å²) in [6.45, 7) is 35.6. The Hall–Kier alpha value is -1.62. The molecule has 3 fully saturated rings. The second-order valence-electron chi connectivity index (χ2n) is 20.9. The van der Waals surface area contributed by atoms with Crippen LogP contribution in [0.2, 0.25) is 0 Å². The van der Waals surface area contributed by atoms with Gasteiger partial charge in [-0.05, 0) is 154 Å². The molecule has 3 aliphatic rings. The van der Waals surface area contributed by atoms with Gasteiger partial charge >= 0.3 is 0 Å². The number of nitrogens with one attached hydrogen (secondary N) is 3. The average molecular weight is 714 g/mol. The van der Waals surface area contributed by atoms with E-state index in [0.29, 0.717) is 18.1 Å². The van der Waals surface area contributed by atoms with Crippen molar-refractivity contribution in [1.29, 1.82) is 0 Å². The van der Waals surface area contributed by atoms with Gasteiger partial charge in [0, 0.05) is 58.8 Å². The minimum atomic E-state index is 0.0322. The van der Waals surface area contributed by atoms with E-state index in [-0.39, 0.29) is 33.2 Å². The molecule has 294 valence electrons. The zero-order valence-electron chi connectivity index (χ0n) is 36.0. The molecule has 0 aromatic carbocycles. The van der Waals surface area contributed by atoms with Gasteiger partial charge in [0.1, 0.15) is 0 Å². The van der Waals surface area contributed by atoms with Crippen molar-refractivity contribution < 1.29 is 4.91 Å². The van der Waals surface area contributed by atoms with E-state index in [9.17, 15) is 0 Å². The molecule has 0 aliphatic carbocycles. The highest BCUT2D eigenvalue weighted by Crippen LogP contribution is 2.34. The van der Waals surface area contributed by atoms with Crippen molar-refractivity contribution in [2.75, 3.05) is 36.6 Å². The second-order valence-corrected chi connectivity index (χ2v) is 20.9. The maximum absolute atomic E-state index is 5.34. The van der Waals surface area contributed by atoms with Crippen molar-refractivity contribution in [3.05, 3.63) is 5.82 Å². The maximum atomic E-state index is 5.34. The normalized spacial score (nSPS) is 24.5. The van der Waals surface area contributed by atoms with Crippen LogP contribution in [0.15, 0.2) is 0 Å². The fourth-order valence-electron chi connectivity index (χ4n) is 10.6. The fraction of sp³-hybridized carbons (Fsp3) is 0.951. The van der Waals surface area contributed by atoms with Crippen LogP contribution in [0.25, 0.3) is 0 Å². The van der Waals surface area contributed by atoms with E-state index in [1.165, 1.54) is 38.6 Å². The van der Waals surface area contributed by atoms with E-state index in [4.69, 9.17) is 15.2 Å². The molecular weight excluding hydrogens is 633 g/mol. The monoisotopic (exact) mass is 714 g/mol. The van der Waals surface area contributed by atoms with Crippen LogP contribution < -0.4 is 30.8 Å². The number of piperidine rings is 3. The van der Waals surface area contributed by atoms with E-state index in [1.807, 2.05) is 11.8 Å². The smallest absolute Gasteiger partial charge is 0.299 e. The Morgan fingerprint density at radius 3 is 1.47 bits per heavy atom. The topological polar surface area (TPSA) is 88.4 Å². The molecule has 0 amide bonds. The molecule has 0 saturated carbocycles. The lowest BCUT2D eigenvalue weighted by molar-refractivity contribution is -0.807. The highest BCUT2D eigenvalue weighted by Gasteiger charge is 2.45. The first-order valence-electron chi connectivity index (χ1n) is 20.7. The molecule has 10 heteroatoms. The molecule has 0 spiro atoms. The quantitative estimate of drug-likeness (QED) is 0.141.